The molecule has 220 valence electrons. The summed E-state index contributed by atoms with van der Waals surface area (Å²) in [5, 5.41) is 11.2. The van der Waals surface area contributed by atoms with Gasteiger partial charge in [0.25, 0.3) is 0 Å². The molecule has 0 saturated carbocycles. The van der Waals surface area contributed by atoms with Crippen molar-refractivity contribution >= 4 is 33.0 Å². The fourth-order valence-corrected chi connectivity index (χ4v) is 4.82. The fourth-order valence-electron chi connectivity index (χ4n) is 4.82. The van der Waals surface area contributed by atoms with E-state index >= 15 is 0 Å². The number of ether oxygens (including phenoxy) is 1. The maximum Gasteiger partial charge on any atom is 0.338 e. The smallest absolute Gasteiger partial charge is 0.338 e. The number of hydrogen-bond acceptors (Lipinski definition) is 8. The van der Waals surface area contributed by atoms with Crippen LogP contribution in [0.5, 0.6) is 0 Å². The van der Waals surface area contributed by atoms with Crippen LogP contribution in [-0.4, -0.2) is 68.0 Å². The van der Waals surface area contributed by atoms with Gasteiger partial charge in [-0.3, -0.25) is 4.55 Å². The number of carbonyl (C=O) groups excluding carboxylic acids is 1. The van der Waals surface area contributed by atoms with E-state index < -0.39 is 16.4 Å². The van der Waals surface area contributed by atoms with E-state index in [2.05, 4.69) is 73.6 Å². The Morgan fingerprint density at radius 2 is 1.63 bits per heavy atom. The van der Waals surface area contributed by atoms with E-state index in [9.17, 15) is 4.79 Å². The number of hydrogen-bond donors (Lipinski definition) is 2. The number of nitrogens with zero attached hydrogens (tertiary/aromatic N) is 2. The molecule has 2 N–H and O–H groups in total. The SMILES string of the molecule is CCN(CC)c1ccc2c(-c3ccccc3C(=O)OCCO)c3ccc(=[N+](CC)CC)cc-3oc2c1.O=S(=O)([O-])O. The van der Waals surface area contributed by atoms with Gasteiger partial charge in [0.05, 0.1) is 18.2 Å². The molecule has 2 aromatic carbocycles. The lowest BCUT2D eigenvalue weighted by Crippen LogP contribution is -2.29. The Hall–Kier alpha value is -3.77. The molecule has 0 spiro atoms. The average molecular weight is 585 g/mol. The van der Waals surface area contributed by atoms with Crippen LogP contribution >= 0.6 is 0 Å². The molecule has 1 aliphatic carbocycles. The third kappa shape index (κ3) is 7.92. The summed E-state index contributed by atoms with van der Waals surface area (Å²) in [6, 6.07) is 20.0. The van der Waals surface area contributed by atoms with E-state index in [0.29, 0.717) is 5.56 Å². The zero-order valence-corrected chi connectivity index (χ0v) is 24.5. The molecule has 4 rings (SSSR count). The van der Waals surface area contributed by atoms with Gasteiger partial charge >= 0.3 is 5.97 Å². The molecule has 0 saturated heterocycles. The third-order valence-corrected chi connectivity index (χ3v) is 6.69. The summed E-state index contributed by atoms with van der Waals surface area (Å²) in [6.07, 6.45) is 0. The second-order valence-electron chi connectivity index (χ2n) is 9.02. The van der Waals surface area contributed by atoms with Gasteiger partial charge in [-0.1, -0.05) is 18.2 Å². The highest BCUT2D eigenvalue weighted by atomic mass is 32.3. The van der Waals surface area contributed by atoms with Crippen LogP contribution in [-0.2, 0) is 15.1 Å². The van der Waals surface area contributed by atoms with Crippen LogP contribution in [0.4, 0.5) is 5.69 Å². The predicted molar refractivity (Wildman–Crippen MR) is 158 cm³/mol. The number of fused-ring (bicyclic) bond motifs is 2. The number of aliphatic hydroxyl groups excluding tert-OH is 1. The van der Waals surface area contributed by atoms with Crippen LogP contribution in [0.3, 0.4) is 0 Å². The first-order chi connectivity index (χ1) is 19.6. The normalized spacial score (nSPS) is 11.2. The minimum atomic E-state index is -4.92. The third-order valence-electron chi connectivity index (χ3n) is 6.69. The zero-order chi connectivity index (χ0) is 30.2. The molecule has 1 aliphatic heterocycles. The number of esters is 1. The van der Waals surface area contributed by atoms with Gasteiger partial charge in [0.1, 0.15) is 31.0 Å². The lowest BCUT2D eigenvalue weighted by molar-refractivity contribution is 0.0434. The number of benzene rings is 3. The maximum absolute atomic E-state index is 12.9. The van der Waals surface area contributed by atoms with Crippen molar-refractivity contribution in [2.75, 3.05) is 44.3 Å². The van der Waals surface area contributed by atoms with Gasteiger partial charge in [-0.2, -0.15) is 0 Å². The Kier molecular flexibility index (Phi) is 11.0. The van der Waals surface area contributed by atoms with E-state index in [-0.39, 0.29) is 13.2 Å². The van der Waals surface area contributed by atoms with E-state index in [4.69, 9.17) is 31.8 Å². The van der Waals surface area contributed by atoms with Gasteiger partial charge < -0.3 is 23.7 Å². The summed E-state index contributed by atoms with van der Waals surface area (Å²) in [4.78, 5) is 15.2. The maximum atomic E-state index is 12.9. The van der Waals surface area contributed by atoms with Gasteiger partial charge in [-0.15, -0.1) is 0 Å². The van der Waals surface area contributed by atoms with E-state index in [1.165, 1.54) is 0 Å². The summed E-state index contributed by atoms with van der Waals surface area (Å²) in [5.74, 6) is 0.304. The van der Waals surface area contributed by atoms with E-state index in [0.717, 1.165) is 70.6 Å². The number of rotatable bonds is 9. The topological polar surface area (TPSA) is 143 Å². The van der Waals surface area contributed by atoms with Gasteiger partial charge in [0.15, 0.2) is 0 Å². The molecule has 0 amide bonds. The second kappa shape index (κ2) is 14.2. The number of aliphatic hydroxyl groups is 1. The molecule has 2 aromatic rings. The predicted octanol–water partition coefficient (Wildman–Crippen LogP) is 4.02. The van der Waals surface area contributed by atoms with Crippen molar-refractivity contribution in [2.45, 2.75) is 27.7 Å². The Bertz CT molecular complexity index is 1630. The molecular formula is C30H36N2O8S. The van der Waals surface area contributed by atoms with Gasteiger partial charge in [-0.25, -0.2) is 17.8 Å². The molecule has 11 heteroatoms. The van der Waals surface area contributed by atoms with Crippen LogP contribution in [0, 0.1) is 0 Å². The van der Waals surface area contributed by atoms with Crippen molar-refractivity contribution in [2.24, 2.45) is 0 Å². The van der Waals surface area contributed by atoms with Crippen molar-refractivity contribution in [1.29, 1.82) is 0 Å². The zero-order valence-electron chi connectivity index (χ0n) is 23.7. The summed E-state index contributed by atoms with van der Waals surface area (Å²) >= 11 is 0. The van der Waals surface area contributed by atoms with Crippen molar-refractivity contribution in [3.63, 3.8) is 0 Å². The monoisotopic (exact) mass is 584 g/mol. The first-order valence-electron chi connectivity index (χ1n) is 13.4. The van der Waals surface area contributed by atoms with E-state index in [1.54, 1.807) is 6.07 Å². The Morgan fingerprint density at radius 3 is 2.24 bits per heavy atom. The molecule has 2 aliphatic rings. The largest absolute Gasteiger partial charge is 0.726 e. The van der Waals surface area contributed by atoms with Crippen LogP contribution in [0.1, 0.15) is 38.1 Å². The van der Waals surface area contributed by atoms with Crippen molar-refractivity contribution in [1.82, 2.24) is 4.58 Å². The quantitative estimate of drug-likeness (QED) is 0.0980. The van der Waals surface area contributed by atoms with Crippen molar-refractivity contribution in [3.8, 4) is 22.5 Å². The minimum absolute atomic E-state index is 0.0424. The molecule has 10 nitrogen and oxygen atoms in total. The molecule has 41 heavy (non-hydrogen) atoms. The molecule has 0 atom stereocenters. The summed E-state index contributed by atoms with van der Waals surface area (Å²) in [6.45, 7) is 11.9. The van der Waals surface area contributed by atoms with Gasteiger partial charge in [-0.05, 0) is 57.5 Å². The molecular weight excluding hydrogens is 548 g/mol. The molecule has 0 bridgehead atoms. The average Bonchev–Trinajstić information content (AvgIpc) is 2.95. The molecule has 0 unspecified atom stereocenters. The summed E-state index contributed by atoms with van der Waals surface area (Å²) < 4.78 is 46.9. The van der Waals surface area contributed by atoms with Gasteiger partial charge in [0.2, 0.25) is 15.8 Å². The highest BCUT2D eigenvalue weighted by Crippen LogP contribution is 2.42. The molecule has 0 fully saturated rings. The van der Waals surface area contributed by atoms with Gasteiger partial charge in [0, 0.05) is 47.4 Å². The number of carbonyl (C=O) groups is 1. The summed E-state index contributed by atoms with van der Waals surface area (Å²) in [5.41, 5.74) is 4.95. The first-order valence-corrected chi connectivity index (χ1v) is 14.8. The lowest BCUT2D eigenvalue weighted by atomic mass is 9.90. The Morgan fingerprint density at radius 1 is 0.976 bits per heavy atom. The Labute approximate surface area is 240 Å². The minimum Gasteiger partial charge on any atom is -0.726 e. The fraction of sp³-hybridized carbons (Fsp3) is 0.333. The molecule has 1 heterocycles. The second-order valence-corrected chi connectivity index (χ2v) is 9.87. The standard InChI is InChI=1S/C30H35N2O4.H2O4S/c1-5-31(6-2)21-13-15-25-27(19-21)36-28-20-22(32(7-3)8-4)14-16-26(28)29(25)23-11-9-10-12-24(23)30(34)35-18-17-33;1-5(2,3)4/h9-16,19-20,33H,5-8,17-18H2,1-4H3;(H2,1,2,3,4)/q+1;/p-1. The number of anilines is 1. The molecule has 0 radical (unpaired) electrons. The summed E-state index contributed by atoms with van der Waals surface area (Å²) in [7, 11) is -4.92. The highest BCUT2D eigenvalue weighted by Gasteiger charge is 2.23. The lowest BCUT2D eigenvalue weighted by Gasteiger charge is -2.22. The van der Waals surface area contributed by atoms with Crippen LogP contribution in [0.15, 0.2) is 65.1 Å². The van der Waals surface area contributed by atoms with E-state index in [1.807, 2.05) is 18.2 Å². The molecule has 0 aromatic heterocycles. The Balaban J connectivity index is 0.000000850. The van der Waals surface area contributed by atoms with Crippen LogP contribution in [0.25, 0.3) is 33.4 Å². The highest BCUT2D eigenvalue weighted by molar-refractivity contribution is 7.79. The van der Waals surface area contributed by atoms with Crippen molar-refractivity contribution < 1.29 is 36.6 Å². The first kappa shape index (κ1) is 31.8. The van der Waals surface area contributed by atoms with Crippen LogP contribution in [0.2, 0.25) is 0 Å². The van der Waals surface area contributed by atoms with Crippen LogP contribution < -0.4 is 14.8 Å². The van der Waals surface area contributed by atoms with Crippen molar-refractivity contribution in [3.05, 3.63) is 71.6 Å².